The van der Waals surface area contributed by atoms with Gasteiger partial charge in [-0.05, 0) is 36.4 Å². The zero-order valence-corrected chi connectivity index (χ0v) is 17.1. The van der Waals surface area contributed by atoms with Gasteiger partial charge in [0.1, 0.15) is 10.8 Å². The molecule has 3 rings (SSSR count). The number of thioether (sulfide) groups is 1. The number of hydrogen-bond acceptors (Lipinski definition) is 6. The highest BCUT2D eigenvalue weighted by Crippen LogP contribution is 2.40. The average molecular weight is 421 g/mol. The highest BCUT2D eigenvalue weighted by molar-refractivity contribution is 7.98. The van der Waals surface area contributed by atoms with Crippen LogP contribution in [-0.2, 0) is 5.75 Å². The smallest absolute Gasteiger partial charge is 0.203 e. The van der Waals surface area contributed by atoms with E-state index in [1.54, 1.807) is 45.6 Å². The number of rotatable bonds is 7. The fraction of sp³-hybridized carbons (Fsp3) is 0.200. The van der Waals surface area contributed by atoms with Crippen LogP contribution in [0.25, 0.3) is 11.3 Å². The largest absolute Gasteiger partial charge is 0.493 e. The third kappa shape index (κ3) is 4.31. The van der Waals surface area contributed by atoms with E-state index in [1.807, 2.05) is 12.1 Å². The van der Waals surface area contributed by atoms with E-state index in [9.17, 15) is 4.39 Å². The van der Waals surface area contributed by atoms with Gasteiger partial charge < -0.3 is 14.2 Å². The number of halogens is 2. The molecule has 0 saturated carbocycles. The molecule has 146 valence electrons. The van der Waals surface area contributed by atoms with Crippen LogP contribution in [0.4, 0.5) is 4.39 Å². The van der Waals surface area contributed by atoms with Gasteiger partial charge in [0.2, 0.25) is 5.75 Å². The second-order valence-electron chi connectivity index (χ2n) is 5.66. The summed E-state index contributed by atoms with van der Waals surface area (Å²) in [4.78, 5) is 0. The van der Waals surface area contributed by atoms with Gasteiger partial charge in [0, 0.05) is 21.9 Å². The first-order valence-electron chi connectivity index (χ1n) is 8.27. The monoisotopic (exact) mass is 420 g/mol. The molecule has 0 aliphatic carbocycles. The lowest BCUT2D eigenvalue weighted by atomic mass is 10.1. The van der Waals surface area contributed by atoms with Crippen molar-refractivity contribution in [2.75, 3.05) is 21.3 Å². The molecule has 0 fully saturated rings. The van der Waals surface area contributed by atoms with Crippen molar-refractivity contribution in [3.05, 3.63) is 58.9 Å². The Hall–Kier alpha value is -2.51. The molecule has 8 heteroatoms. The molecular formula is C20H18ClFN2O3S. The van der Waals surface area contributed by atoms with Gasteiger partial charge in [0.25, 0.3) is 0 Å². The van der Waals surface area contributed by atoms with Crippen molar-refractivity contribution in [2.45, 2.75) is 10.8 Å². The summed E-state index contributed by atoms with van der Waals surface area (Å²) >= 11 is 7.42. The van der Waals surface area contributed by atoms with Crippen molar-refractivity contribution in [2.24, 2.45) is 0 Å². The Labute approximate surface area is 171 Å². The number of benzene rings is 2. The molecule has 0 aliphatic heterocycles. The highest BCUT2D eigenvalue weighted by atomic mass is 35.5. The van der Waals surface area contributed by atoms with E-state index in [4.69, 9.17) is 25.8 Å². The van der Waals surface area contributed by atoms with Gasteiger partial charge in [-0.3, -0.25) is 0 Å². The van der Waals surface area contributed by atoms with Gasteiger partial charge >= 0.3 is 0 Å². The quantitative estimate of drug-likeness (QED) is 0.486. The lowest BCUT2D eigenvalue weighted by Crippen LogP contribution is -1.97. The lowest BCUT2D eigenvalue weighted by molar-refractivity contribution is 0.324. The van der Waals surface area contributed by atoms with Crippen LogP contribution in [0.2, 0.25) is 5.02 Å². The van der Waals surface area contributed by atoms with Gasteiger partial charge in [-0.1, -0.05) is 29.4 Å². The molecule has 0 bridgehead atoms. The predicted molar refractivity (Wildman–Crippen MR) is 108 cm³/mol. The van der Waals surface area contributed by atoms with Crippen LogP contribution in [0.5, 0.6) is 17.2 Å². The van der Waals surface area contributed by atoms with Crippen molar-refractivity contribution < 1.29 is 18.6 Å². The van der Waals surface area contributed by atoms with Crippen molar-refractivity contribution >= 4 is 23.4 Å². The zero-order valence-electron chi connectivity index (χ0n) is 15.5. The van der Waals surface area contributed by atoms with Gasteiger partial charge in [-0.2, -0.15) is 0 Å². The van der Waals surface area contributed by atoms with E-state index in [-0.39, 0.29) is 5.82 Å². The van der Waals surface area contributed by atoms with E-state index in [2.05, 4.69) is 10.2 Å². The fourth-order valence-electron chi connectivity index (χ4n) is 2.60. The number of methoxy groups -OCH3 is 3. The van der Waals surface area contributed by atoms with E-state index in [0.717, 1.165) is 5.56 Å². The maximum atomic E-state index is 13.9. The lowest BCUT2D eigenvalue weighted by Gasteiger charge is -2.13. The minimum absolute atomic E-state index is 0.331. The Morgan fingerprint density at radius 3 is 2.21 bits per heavy atom. The minimum Gasteiger partial charge on any atom is -0.493 e. The van der Waals surface area contributed by atoms with E-state index < -0.39 is 0 Å². The molecule has 3 aromatic rings. The summed E-state index contributed by atoms with van der Waals surface area (Å²) in [5, 5.41) is 9.54. The molecule has 0 aliphatic rings. The Bertz CT molecular complexity index is 925. The Kier molecular flexibility index (Phi) is 6.59. The number of ether oxygens (including phenoxy) is 3. The van der Waals surface area contributed by atoms with Gasteiger partial charge in [-0.15, -0.1) is 10.2 Å². The summed E-state index contributed by atoms with van der Waals surface area (Å²) in [6.45, 7) is 0. The number of hydrogen-bond donors (Lipinski definition) is 0. The first-order chi connectivity index (χ1) is 13.6. The highest BCUT2D eigenvalue weighted by Gasteiger charge is 2.15. The van der Waals surface area contributed by atoms with Crippen LogP contribution in [0, 0.1) is 5.82 Å². The molecule has 0 N–H and O–H groups in total. The van der Waals surface area contributed by atoms with Crippen LogP contribution < -0.4 is 14.2 Å². The van der Waals surface area contributed by atoms with Crippen LogP contribution in [0.15, 0.2) is 47.5 Å². The minimum atomic E-state index is -0.331. The van der Waals surface area contributed by atoms with E-state index in [1.165, 1.54) is 17.8 Å². The third-order valence-electron chi connectivity index (χ3n) is 4.03. The molecular weight excluding hydrogens is 403 g/mol. The fourth-order valence-corrected chi connectivity index (χ4v) is 3.75. The average Bonchev–Trinajstić information content (AvgIpc) is 2.72. The second-order valence-corrected chi connectivity index (χ2v) is 7.06. The van der Waals surface area contributed by atoms with Crippen molar-refractivity contribution in [3.63, 3.8) is 0 Å². The van der Waals surface area contributed by atoms with E-state index >= 15 is 0 Å². The summed E-state index contributed by atoms with van der Waals surface area (Å²) in [5.74, 6) is 1.61. The molecule has 5 nitrogen and oxygen atoms in total. The first kappa shape index (κ1) is 20.2. The Morgan fingerprint density at radius 1 is 0.964 bits per heavy atom. The Balaban J connectivity index is 1.81. The van der Waals surface area contributed by atoms with Gasteiger partial charge in [-0.25, -0.2) is 4.39 Å². The number of aromatic nitrogens is 2. The van der Waals surface area contributed by atoms with Crippen molar-refractivity contribution in [1.29, 1.82) is 0 Å². The molecule has 0 atom stereocenters. The summed E-state index contributed by atoms with van der Waals surface area (Å²) < 4.78 is 29.9. The summed E-state index contributed by atoms with van der Waals surface area (Å²) in [6.07, 6.45) is 0. The van der Waals surface area contributed by atoms with Gasteiger partial charge in [0.15, 0.2) is 11.5 Å². The summed E-state index contributed by atoms with van der Waals surface area (Å²) in [5.41, 5.74) is 1.87. The first-order valence-corrected chi connectivity index (χ1v) is 9.63. The Morgan fingerprint density at radius 2 is 1.68 bits per heavy atom. The molecule has 0 radical (unpaired) electrons. The predicted octanol–water partition coefficient (Wildman–Crippen LogP) is 5.25. The molecule has 1 aromatic heterocycles. The molecule has 2 aromatic carbocycles. The van der Waals surface area contributed by atoms with Crippen molar-refractivity contribution in [1.82, 2.24) is 10.2 Å². The van der Waals surface area contributed by atoms with E-state index in [0.29, 0.717) is 44.3 Å². The maximum absolute atomic E-state index is 13.9. The van der Waals surface area contributed by atoms with Gasteiger partial charge in [0.05, 0.1) is 27.0 Å². The normalized spacial score (nSPS) is 10.6. The molecule has 0 spiro atoms. The summed E-state index contributed by atoms with van der Waals surface area (Å²) in [7, 11) is 4.66. The standard InChI is InChI=1S/C20H18ClFN2O3S/c1-25-17-9-12(10-18(26-2)20(17)27-3)16-7-8-19(24-23-16)28-11-13-14(21)5-4-6-15(13)22/h4-10H,11H2,1-3H3. The SMILES string of the molecule is COc1cc(-c2ccc(SCc3c(F)cccc3Cl)nn2)cc(OC)c1OC. The molecule has 0 amide bonds. The van der Waals surface area contributed by atoms with Crippen molar-refractivity contribution in [3.8, 4) is 28.5 Å². The number of nitrogens with zero attached hydrogens (tertiary/aromatic N) is 2. The van der Waals surface area contributed by atoms with Crippen LogP contribution >= 0.6 is 23.4 Å². The topological polar surface area (TPSA) is 53.5 Å². The maximum Gasteiger partial charge on any atom is 0.203 e. The van der Waals surface area contributed by atoms with Crippen LogP contribution in [0.1, 0.15) is 5.56 Å². The molecule has 0 saturated heterocycles. The molecule has 1 heterocycles. The third-order valence-corrected chi connectivity index (χ3v) is 5.33. The summed E-state index contributed by atoms with van der Waals surface area (Å²) in [6, 6.07) is 11.9. The molecule has 28 heavy (non-hydrogen) atoms. The molecule has 0 unspecified atom stereocenters. The second kappa shape index (κ2) is 9.12. The van der Waals surface area contributed by atoms with Crippen LogP contribution in [0.3, 0.4) is 0 Å². The van der Waals surface area contributed by atoms with Crippen LogP contribution in [-0.4, -0.2) is 31.5 Å². The zero-order chi connectivity index (χ0) is 20.1.